The minimum absolute atomic E-state index is 0.214. The van der Waals surface area contributed by atoms with Gasteiger partial charge in [-0.15, -0.1) is 0 Å². The highest BCUT2D eigenvalue weighted by molar-refractivity contribution is 9.10. The zero-order chi connectivity index (χ0) is 34.2. The molecule has 6 rings (SSSR count). The number of ether oxygens (including phenoxy) is 2. The number of nitrogens with one attached hydrogen (secondary N) is 2. The summed E-state index contributed by atoms with van der Waals surface area (Å²) < 4.78 is 12.4. The van der Waals surface area contributed by atoms with Gasteiger partial charge >= 0.3 is 0 Å². The third-order valence-corrected chi connectivity index (χ3v) is 7.18. The van der Waals surface area contributed by atoms with Crippen LogP contribution in [0, 0.1) is 22.7 Å². The van der Waals surface area contributed by atoms with E-state index in [-0.39, 0.29) is 39.9 Å². The molecule has 0 unspecified atom stereocenters. The molecular formula is C36H21BrN8O4. The van der Waals surface area contributed by atoms with Crippen LogP contribution in [0.2, 0.25) is 0 Å². The van der Waals surface area contributed by atoms with Crippen LogP contribution in [0.1, 0.15) is 31.8 Å². The van der Waals surface area contributed by atoms with Gasteiger partial charge in [-0.2, -0.15) is 10.5 Å². The third kappa shape index (κ3) is 8.26. The summed E-state index contributed by atoms with van der Waals surface area (Å²) in [6.07, 6.45) is 7.27. The van der Waals surface area contributed by atoms with Crippen molar-refractivity contribution >= 4 is 39.1 Å². The Kier molecular flexibility index (Phi) is 9.56. The molecule has 2 amide bonds. The molecule has 13 heteroatoms. The van der Waals surface area contributed by atoms with Crippen molar-refractivity contribution < 1.29 is 19.1 Å². The Bertz CT molecular complexity index is 2270. The predicted octanol–water partition coefficient (Wildman–Crippen LogP) is 7.53. The Morgan fingerprint density at radius 2 is 1.29 bits per heavy atom. The molecule has 2 heterocycles. The van der Waals surface area contributed by atoms with E-state index in [9.17, 15) is 20.1 Å². The molecule has 12 nitrogen and oxygen atoms in total. The predicted molar refractivity (Wildman–Crippen MR) is 182 cm³/mol. The Morgan fingerprint density at radius 1 is 0.633 bits per heavy atom. The van der Waals surface area contributed by atoms with Crippen LogP contribution < -0.4 is 20.1 Å². The molecule has 0 aliphatic carbocycles. The summed E-state index contributed by atoms with van der Waals surface area (Å²) in [5, 5.41) is 24.8. The van der Waals surface area contributed by atoms with Gasteiger partial charge < -0.3 is 20.1 Å². The number of amides is 2. The Morgan fingerprint density at radius 3 is 2.04 bits per heavy atom. The van der Waals surface area contributed by atoms with E-state index in [1.165, 1.54) is 49.3 Å². The number of anilines is 2. The molecule has 0 fully saturated rings. The first-order chi connectivity index (χ1) is 23.8. The number of halogens is 1. The minimum Gasteiger partial charge on any atom is -0.454 e. The lowest BCUT2D eigenvalue weighted by molar-refractivity contribution is 0.101. The van der Waals surface area contributed by atoms with Crippen LogP contribution in [-0.4, -0.2) is 31.8 Å². The van der Waals surface area contributed by atoms with Gasteiger partial charge in [-0.05, 0) is 60.7 Å². The summed E-state index contributed by atoms with van der Waals surface area (Å²) in [6.45, 7) is 0. The lowest BCUT2D eigenvalue weighted by Gasteiger charge is -2.11. The second-order valence-electron chi connectivity index (χ2n) is 10.2. The Balaban J connectivity index is 1.17. The number of hydrogen-bond donors (Lipinski definition) is 2. The SMILES string of the molecule is N#Cc1cc(NC(=O)c2cccc(Br)c2)cc(Oc2cnc(-c3cc(C#N)cc(C(=O)Nc4cccc(Oc5cncnc5)c4)c3)nc2)c1. The highest BCUT2D eigenvalue weighted by Gasteiger charge is 2.14. The van der Waals surface area contributed by atoms with Crippen molar-refractivity contribution in [1.82, 2.24) is 19.9 Å². The maximum Gasteiger partial charge on any atom is 0.255 e. The molecule has 49 heavy (non-hydrogen) atoms. The molecule has 0 aliphatic heterocycles. The van der Waals surface area contributed by atoms with Gasteiger partial charge in [-0.1, -0.05) is 28.1 Å². The number of benzene rings is 4. The molecule has 6 aromatic rings. The highest BCUT2D eigenvalue weighted by Crippen LogP contribution is 2.28. The number of hydrogen-bond acceptors (Lipinski definition) is 10. The topological polar surface area (TPSA) is 176 Å². The summed E-state index contributed by atoms with van der Waals surface area (Å²) in [4.78, 5) is 42.6. The third-order valence-electron chi connectivity index (χ3n) is 6.69. The van der Waals surface area contributed by atoms with Gasteiger partial charge in [0.25, 0.3) is 11.8 Å². The van der Waals surface area contributed by atoms with Crippen LogP contribution in [0.3, 0.4) is 0 Å². The molecule has 0 radical (unpaired) electrons. The van der Waals surface area contributed by atoms with E-state index in [2.05, 4.69) is 58.6 Å². The molecule has 0 saturated carbocycles. The fourth-order valence-electron chi connectivity index (χ4n) is 4.55. The molecule has 0 spiro atoms. The molecule has 0 saturated heterocycles. The van der Waals surface area contributed by atoms with Gasteiger partial charge in [0.2, 0.25) is 0 Å². The van der Waals surface area contributed by atoms with Gasteiger partial charge in [-0.25, -0.2) is 19.9 Å². The zero-order valence-electron chi connectivity index (χ0n) is 25.2. The van der Waals surface area contributed by atoms with Crippen LogP contribution in [0.5, 0.6) is 23.0 Å². The summed E-state index contributed by atoms with van der Waals surface area (Å²) in [6, 6.07) is 27.1. The number of nitriles is 2. The average Bonchev–Trinajstić information content (AvgIpc) is 3.12. The molecule has 4 aromatic carbocycles. The first-order valence-electron chi connectivity index (χ1n) is 14.4. The summed E-state index contributed by atoms with van der Waals surface area (Å²) in [7, 11) is 0. The van der Waals surface area contributed by atoms with E-state index in [4.69, 9.17) is 9.47 Å². The van der Waals surface area contributed by atoms with Gasteiger partial charge in [-0.3, -0.25) is 9.59 Å². The molecule has 2 aromatic heterocycles. The van der Waals surface area contributed by atoms with Gasteiger partial charge in [0.1, 0.15) is 17.8 Å². The van der Waals surface area contributed by atoms with E-state index in [1.807, 2.05) is 6.07 Å². The number of nitrogens with zero attached hydrogens (tertiary/aromatic N) is 6. The molecule has 2 N–H and O–H groups in total. The quantitative estimate of drug-likeness (QED) is 0.153. The van der Waals surface area contributed by atoms with Crippen LogP contribution >= 0.6 is 15.9 Å². The molecule has 0 atom stereocenters. The number of aromatic nitrogens is 4. The fourth-order valence-corrected chi connectivity index (χ4v) is 4.95. The summed E-state index contributed by atoms with van der Waals surface area (Å²) >= 11 is 3.35. The average molecular weight is 710 g/mol. The maximum absolute atomic E-state index is 13.2. The van der Waals surface area contributed by atoms with Crippen molar-refractivity contribution in [3.63, 3.8) is 0 Å². The molecular weight excluding hydrogens is 688 g/mol. The first kappa shape index (κ1) is 32.0. The monoisotopic (exact) mass is 708 g/mol. The Hall–Kier alpha value is -6.96. The van der Waals surface area contributed by atoms with Crippen molar-refractivity contribution in [3.8, 4) is 46.5 Å². The van der Waals surface area contributed by atoms with Crippen LogP contribution in [-0.2, 0) is 0 Å². The van der Waals surface area contributed by atoms with Gasteiger partial charge in [0, 0.05) is 44.7 Å². The molecule has 0 bridgehead atoms. The van der Waals surface area contributed by atoms with Gasteiger partial charge in [0.15, 0.2) is 17.3 Å². The Labute approximate surface area is 287 Å². The number of rotatable bonds is 9. The van der Waals surface area contributed by atoms with E-state index in [0.717, 1.165) is 4.47 Å². The number of carbonyl (C=O) groups is 2. The standard InChI is InChI=1S/C36H21BrN8O4/c37-27-4-1-3-24(12-27)35(46)45-29-9-23(16-39)10-31(14-29)49-33-19-42-34(43-20-33)25-7-22(15-38)8-26(11-25)36(47)44-28-5-2-6-30(13-28)48-32-17-40-21-41-18-32/h1-14,17-21H,(H,44,47)(H,45,46). The minimum atomic E-state index is -0.460. The molecule has 0 aliphatic rings. The lowest BCUT2D eigenvalue weighted by atomic mass is 10.0. The van der Waals surface area contributed by atoms with Crippen LogP contribution in [0.4, 0.5) is 11.4 Å². The maximum atomic E-state index is 13.2. The van der Waals surface area contributed by atoms with E-state index >= 15 is 0 Å². The largest absolute Gasteiger partial charge is 0.454 e. The van der Waals surface area contributed by atoms with Crippen molar-refractivity contribution in [1.29, 1.82) is 10.5 Å². The lowest BCUT2D eigenvalue weighted by Crippen LogP contribution is -2.12. The highest BCUT2D eigenvalue weighted by atomic mass is 79.9. The van der Waals surface area contributed by atoms with E-state index in [1.54, 1.807) is 60.7 Å². The molecule has 236 valence electrons. The van der Waals surface area contributed by atoms with Crippen LogP contribution in [0.15, 0.2) is 121 Å². The van der Waals surface area contributed by atoms with E-state index < -0.39 is 5.91 Å². The smallest absolute Gasteiger partial charge is 0.255 e. The van der Waals surface area contributed by atoms with Crippen molar-refractivity contribution in [2.45, 2.75) is 0 Å². The van der Waals surface area contributed by atoms with Gasteiger partial charge in [0.05, 0.1) is 48.1 Å². The second kappa shape index (κ2) is 14.6. The first-order valence-corrected chi connectivity index (χ1v) is 15.2. The van der Waals surface area contributed by atoms with Crippen molar-refractivity contribution in [2.24, 2.45) is 0 Å². The normalized spacial score (nSPS) is 10.3. The zero-order valence-corrected chi connectivity index (χ0v) is 26.7. The van der Waals surface area contributed by atoms with Crippen molar-refractivity contribution in [3.05, 3.63) is 143 Å². The number of carbonyl (C=O) groups excluding carboxylic acids is 2. The second-order valence-corrected chi connectivity index (χ2v) is 11.2. The van der Waals surface area contributed by atoms with E-state index in [0.29, 0.717) is 34.0 Å². The van der Waals surface area contributed by atoms with Crippen molar-refractivity contribution in [2.75, 3.05) is 10.6 Å². The summed E-state index contributed by atoms with van der Waals surface area (Å²) in [5.41, 5.74) is 2.41. The van der Waals surface area contributed by atoms with Crippen LogP contribution in [0.25, 0.3) is 11.4 Å². The fraction of sp³-hybridized carbons (Fsp3) is 0. The summed E-state index contributed by atoms with van der Waals surface area (Å²) in [5.74, 6) is 0.860.